The van der Waals surface area contributed by atoms with E-state index in [-0.39, 0.29) is 0 Å². The Balaban J connectivity index is 2.11. The molecule has 1 unspecified atom stereocenters. The summed E-state index contributed by atoms with van der Waals surface area (Å²) in [6, 6.07) is 11.4. The van der Waals surface area contributed by atoms with Gasteiger partial charge in [0.05, 0.1) is 5.69 Å². The highest BCUT2D eigenvalue weighted by molar-refractivity contribution is 7.13. The lowest BCUT2D eigenvalue weighted by Gasteiger charge is -2.24. The Kier molecular flexibility index (Phi) is 5.76. The molecule has 1 atom stereocenters. The molecule has 0 spiro atoms. The summed E-state index contributed by atoms with van der Waals surface area (Å²) in [5.74, 6) is 0. The lowest BCUT2D eigenvalue weighted by atomic mass is 10.0. The zero-order valence-corrected chi connectivity index (χ0v) is 14.2. The maximum Gasteiger partial charge on any atom is 0.185 e. The molecule has 2 aromatic rings. The average molecular weight is 303 g/mol. The first-order valence-corrected chi connectivity index (χ1v) is 8.47. The van der Waals surface area contributed by atoms with Gasteiger partial charge >= 0.3 is 0 Å². The number of likely N-dealkylation sites (N-methyl/N-ethyl adjacent to an activating group) is 1. The standard InChI is InChI=1S/C17H25N3S/c1-5-20(13(2)3)17-19-15(12-21-17)11-16(18-4)14-9-7-6-8-10-14/h6-10,12-13,16,18H,5,11H2,1-4H3. The zero-order chi connectivity index (χ0) is 15.2. The van der Waals surface area contributed by atoms with Crippen molar-refractivity contribution in [3.63, 3.8) is 0 Å². The number of benzene rings is 1. The third-order valence-electron chi connectivity index (χ3n) is 3.71. The fourth-order valence-electron chi connectivity index (χ4n) is 2.52. The van der Waals surface area contributed by atoms with Gasteiger partial charge < -0.3 is 10.2 Å². The number of nitrogens with one attached hydrogen (secondary N) is 1. The van der Waals surface area contributed by atoms with Crippen LogP contribution < -0.4 is 10.2 Å². The number of rotatable bonds is 7. The number of hydrogen-bond donors (Lipinski definition) is 1. The second-order valence-electron chi connectivity index (χ2n) is 5.46. The molecule has 0 amide bonds. The molecule has 2 rings (SSSR count). The van der Waals surface area contributed by atoms with E-state index in [0.717, 1.165) is 23.8 Å². The summed E-state index contributed by atoms with van der Waals surface area (Å²) >= 11 is 1.75. The quantitative estimate of drug-likeness (QED) is 0.841. The van der Waals surface area contributed by atoms with Gasteiger partial charge in [-0.05, 0) is 33.4 Å². The monoisotopic (exact) mass is 303 g/mol. The highest BCUT2D eigenvalue weighted by Crippen LogP contribution is 2.25. The molecule has 3 nitrogen and oxygen atoms in total. The van der Waals surface area contributed by atoms with E-state index in [1.165, 1.54) is 5.56 Å². The molecule has 0 aliphatic rings. The van der Waals surface area contributed by atoms with Crippen molar-refractivity contribution in [2.75, 3.05) is 18.5 Å². The van der Waals surface area contributed by atoms with Gasteiger partial charge in [-0.25, -0.2) is 4.98 Å². The van der Waals surface area contributed by atoms with Gasteiger partial charge in [0.15, 0.2) is 5.13 Å². The van der Waals surface area contributed by atoms with Crippen LogP contribution in [0.5, 0.6) is 0 Å². The molecule has 114 valence electrons. The van der Waals surface area contributed by atoms with Crippen molar-refractivity contribution in [1.82, 2.24) is 10.3 Å². The van der Waals surface area contributed by atoms with Crippen molar-refractivity contribution in [3.8, 4) is 0 Å². The lowest BCUT2D eigenvalue weighted by molar-refractivity contribution is 0.585. The van der Waals surface area contributed by atoms with Crippen molar-refractivity contribution in [1.29, 1.82) is 0 Å². The molecule has 0 bridgehead atoms. The minimum absolute atomic E-state index is 0.315. The molecule has 1 heterocycles. The van der Waals surface area contributed by atoms with Crippen LogP contribution in [0.1, 0.15) is 38.1 Å². The summed E-state index contributed by atoms with van der Waals surface area (Å²) < 4.78 is 0. The summed E-state index contributed by atoms with van der Waals surface area (Å²) in [6.45, 7) is 7.61. The Morgan fingerprint density at radius 3 is 2.52 bits per heavy atom. The molecule has 0 aliphatic heterocycles. The van der Waals surface area contributed by atoms with Gasteiger partial charge in [0.1, 0.15) is 0 Å². The molecular weight excluding hydrogens is 278 g/mol. The van der Waals surface area contributed by atoms with E-state index >= 15 is 0 Å². The third kappa shape index (κ3) is 4.05. The predicted molar refractivity (Wildman–Crippen MR) is 92.2 cm³/mol. The van der Waals surface area contributed by atoms with Gasteiger partial charge in [-0.1, -0.05) is 30.3 Å². The van der Waals surface area contributed by atoms with E-state index in [2.05, 4.69) is 66.7 Å². The van der Waals surface area contributed by atoms with Gasteiger partial charge in [0.2, 0.25) is 0 Å². The van der Waals surface area contributed by atoms with E-state index in [4.69, 9.17) is 4.98 Å². The summed E-state index contributed by atoms with van der Waals surface area (Å²) in [4.78, 5) is 7.16. The largest absolute Gasteiger partial charge is 0.346 e. The van der Waals surface area contributed by atoms with Crippen molar-refractivity contribution in [2.24, 2.45) is 0 Å². The average Bonchev–Trinajstić information content (AvgIpc) is 2.94. The van der Waals surface area contributed by atoms with Crippen LogP contribution >= 0.6 is 11.3 Å². The smallest absolute Gasteiger partial charge is 0.185 e. The van der Waals surface area contributed by atoms with Crippen molar-refractivity contribution in [2.45, 2.75) is 39.3 Å². The van der Waals surface area contributed by atoms with Crippen molar-refractivity contribution < 1.29 is 0 Å². The number of thiazole rings is 1. The lowest BCUT2D eigenvalue weighted by Crippen LogP contribution is -2.30. The van der Waals surface area contributed by atoms with Crippen LogP contribution in [0, 0.1) is 0 Å². The van der Waals surface area contributed by atoms with E-state index in [0.29, 0.717) is 12.1 Å². The van der Waals surface area contributed by atoms with Crippen LogP contribution in [0.4, 0.5) is 5.13 Å². The fourth-order valence-corrected chi connectivity index (χ4v) is 3.56. The molecular formula is C17H25N3S. The first-order valence-electron chi connectivity index (χ1n) is 7.59. The van der Waals surface area contributed by atoms with E-state index in [1.807, 2.05) is 7.05 Å². The highest BCUT2D eigenvalue weighted by atomic mass is 32.1. The van der Waals surface area contributed by atoms with Crippen LogP contribution in [0.25, 0.3) is 0 Å². The minimum Gasteiger partial charge on any atom is -0.346 e. The van der Waals surface area contributed by atoms with Gasteiger partial charge in [-0.2, -0.15) is 0 Å². The maximum absolute atomic E-state index is 4.82. The van der Waals surface area contributed by atoms with Crippen LogP contribution in [0.3, 0.4) is 0 Å². The Labute approximate surface area is 132 Å². The Bertz CT molecular complexity index is 536. The second-order valence-corrected chi connectivity index (χ2v) is 6.29. The maximum atomic E-state index is 4.82. The number of aromatic nitrogens is 1. The van der Waals surface area contributed by atoms with Gasteiger partial charge in [-0.3, -0.25) is 0 Å². The third-order valence-corrected chi connectivity index (χ3v) is 4.64. The van der Waals surface area contributed by atoms with Crippen LogP contribution in [0.15, 0.2) is 35.7 Å². The summed E-state index contributed by atoms with van der Waals surface area (Å²) in [5, 5.41) is 6.71. The van der Waals surface area contributed by atoms with E-state index in [9.17, 15) is 0 Å². The first-order chi connectivity index (χ1) is 10.2. The molecule has 0 saturated heterocycles. The highest BCUT2D eigenvalue weighted by Gasteiger charge is 2.15. The Morgan fingerprint density at radius 2 is 1.95 bits per heavy atom. The van der Waals surface area contributed by atoms with Crippen LogP contribution in [0.2, 0.25) is 0 Å². The van der Waals surface area contributed by atoms with Crippen LogP contribution in [-0.2, 0) is 6.42 Å². The van der Waals surface area contributed by atoms with E-state index in [1.54, 1.807) is 11.3 Å². The zero-order valence-electron chi connectivity index (χ0n) is 13.3. The minimum atomic E-state index is 0.315. The first kappa shape index (κ1) is 16.0. The molecule has 0 saturated carbocycles. The Hall–Kier alpha value is -1.39. The SMILES string of the molecule is CCN(c1nc(CC(NC)c2ccccc2)cs1)C(C)C. The molecule has 1 N–H and O–H groups in total. The number of nitrogens with zero attached hydrogens (tertiary/aromatic N) is 2. The molecule has 1 aromatic heterocycles. The summed E-state index contributed by atoms with van der Waals surface area (Å²) in [7, 11) is 2.01. The molecule has 0 aliphatic carbocycles. The molecule has 1 aromatic carbocycles. The van der Waals surface area contributed by atoms with E-state index < -0.39 is 0 Å². The number of hydrogen-bond acceptors (Lipinski definition) is 4. The summed E-state index contributed by atoms with van der Waals surface area (Å²) in [6.07, 6.45) is 0.923. The fraction of sp³-hybridized carbons (Fsp3) is 0.471. The molecule has 4 heteroatoms. The Morgan fingerprint density at radius 1 is 1.24 bits per heavy atom. The molecule has 0 radical (unpaired) electrons. The predicted octanol–water partition coefficient (Wildman–Crippen LogP) is 3.88. The van der Waals surface area contributed by atoms with Crippen LogP contribution in [-0.4, -0.2) is 24.6 Å². The van der Waals surface area contributed by atoms with Gasteiger partial charge in [-0.15, -0.1) is 11.3 Å². The summed E-state index contributed by atoms with van der Waals surface area (Å²) in [5.41, 5.74) is 2.48. The topological polar surface area (TPSA) is 28.2 Å². The van der Waals surface area contributed by atoms with Crippen molar-refractivity contribution in [3.05, 3.63) is 47.0 Å². The van der Waals surface area contributed by atoms with Crippen molar-refractivity contribution >= 4 is 16.5 Å². The second kappa shape index (κ2) is 7.57. The number of anilines is 1. The molecule has 0 fully saturated rings. The normalized spacial score (nSPS) is 12.6. The van der Waals surface area contributed by atoms with Gasteiger partial charge in [0, 0.05) is 30.4 Å². The molecule has 21 heavy (non-hydrogen) atoms. The van der Waals surface area contributed by atoms with Gasteiger partial charge in [0.25, 0.3) is 0 Å².